The molecule has 3 N–H and O–H groups in total. The quantitative estimate of drug-likeness (QED) is 0.593. The van der Waals surface area contributed by atoms with Gasteiger partial charge in [0.15, 0.2) is 5.11 Å². The number of aryl methyl sites for hydroxylation is 3. The van der Waals surface area contributed by atoms with Crippen LogP contribution in [-0.2, 0) is 14.8 Å². The average molecular weight is 446 g/mol. The van der Waals surface area contributed by atoms with Gasteiger partial charge in [-0.05, 0) is 75.2 Å². The smallest absolute Gasteiger partial charge is 0.262 e. The standard InChI is InChI=1S/C22H27N3O3S2/c1-14-8-11-19(16(3)12-14)25-30(27,28)20-13-18(10-9-15(20)2)23-22(29)24-21(26)17-6-4-5-7-17/h8-13,17,25H,4-7H2,1-3H3,(H2,23,24,26,29). The van der Waals surface area contributed by atoms with Crippen LogP contribution in [0.3, 0.4) is 0 Å². The van der Waals surface area contributed by atoms with Gasteiger partial charge in [0.1, 0.15) is 0 Å². The van der Waals surface area contributed by atoms with Crippen molar-refractivity contribution in [2.24, 2.45) is 5.92 Å². The second-order valence-electron chi connectivity index (χ2n) is 7.83. The summed E-state index contributed by atoms with van der Waals surface area (Å²) in [6, 6.07) is 10.5. The Morgan fingerprint density at radius 3 is 2.37 bits per heavy atom. The topological polar surface area (TPSA) is 87.3 Å². The fourth-order valence-corrected chi connectivity index (χ4v) is 5.28. The summed E-state index contributed by atoms with van der Waals surface area (Å²) < 4.78 is 28.7. The molecule has 0 atom stereocenters. The van der Waals surface area contributed by atoms with E-state index < -0.39 is 10.0 Å². The summed E-state index contributed by atoms with van der Waals surface area (Å²) >= 11 is 5.24. The van der Waals surface area contributed by atoms with Gasteiger partial charge < -0.3 is 10.6 Å². The number of carbonyl (C=O) groups excluding carboxylic acids is 1. The number of nitrogens with one attached hydrogen (secondary N) is 3. The molecule has 160 valence electrons. The van der Waals surface area contributed by atoms with Crippen molar-refractivity contribution in [3.8, 4) is 0 Å². The van der Waals surface area contributed by atoms with E-state index in [0.29, 0.717) is 16.9 Å². The van der Waals surface area contributed by atoms with Crippen LogP contribution in [0.4, 0.5) is 11.4 Å². The number of anilines is 2. The number of rotatable bonds is 5. The molecule has 0 aromatic heterocycles. The lowest BCUT2D eigenvalue weighted by Gasteiger charge is -2.16. The van der Waals surface area contributed by atoms with Crippen molar-refractivity contribution in [1.29, 1.82) is 0 Å². The molecule has 1 aliphatic rings. The maximum atomic E-state index is 13.0. The Morgan fingerprint density at radius 1 is 1.00 bits per heavy atom. The van der Waals surface area contributed by atoms with Crippen LogP contribution in [0.2, 0.25) is 0 Å². The number of benzene rings is 2. The summed E-state index contributed by atoms with van der Waals surface area (Å²) in [5.74, 6) is -0.0814. The summed E-state index contributed by atoms with van der Waals surface area (Å²) in [4.78, 5) is 12.4. The normalized spacial score (nSPS) is 14.4. The zero-order chi connectivity index (χ0) is 21.9. The van der Waals surface area contributed by atoms with Gasteiger partial charge in [0, 0.05) is 11.6 Å². The zero-order valence-electron chi connectivity index (χ0n) is 17.4. The van der Waals surface area contributed by atoms with E-state index in [9.17, 15) is 13.2 Å². The molecule has 0 heterocycles. The first-order valence-electron chi connectivity index (χ1n) is 9.98. The number of hydrogen-bond acceptors (Lipinski definition) is 4. The largest absolute Gasteiger partial charge is 0.332 e. The zero-order valence-corrected chi connectivity index (χ0v) is 19.0. The molecule has 1 amide bonds. The van der Waals surface area contributed by atoms with Crippen LogP contribution in [-0.4, -0.2) is 19.4 Å². The lowest BCUT2D eigenvalue weighted by Crippen LogP contribution is -2.37. The van der Waals surface area contributed by atoms with Crippen LogP contribution in [0, 0.1) is 26.7 Å². The predicted octanol–water partition coefficient (Wildman–Crippen LogP) is 4.42. The van der Waals surface area contributed by atoms with Crippen LogP contribution >= 0.6 is 12.2 Å². The molecule has 2 aromatic carbocycles. The molecule has 0 radical (unpaired) electrons. The molecule has 1 fully saturated rings. The molecule has 0 spiro atoms. The summed E-state index contributed by atoms with van der Waals surface area (Å²) in [7, 11) is -3.79. The Balaban J connectivity index is 1.75. The second-order valence-corrected chi connectivity index (χ2v) is 9.89. The van der Waals surface area contributed by atoms with Crippen LogP contribution in [0.5, 0.6) is 0 Å². The molecular weight excluding hydrogens is 418 g/mol. The van der Waals surface area contributed by atoms with Gasteiger partial charge in [-0.1, -0.05) is 36.6 Å². The highest BCUT2D eigenvalue weighted by Crippen LogP contribution is 2.26. The summed E-state index contributed by atoms with van der Waals surface area (Å²) in [5, 5.41) is 5.81. The van der Waals surface area contributed by atoms with Crippen molar-refractivity contribution in [2.45, 2.75) is 51.3 Å². The minimum Gasteiger partial charge on any atom is -0.332 e. The Kier molecular flexibility index (Phi) is 6.77. The van der Waals surface area contributed by atoms with E-state index in [1.807, 2.05) is 26.0 Å². The van der Waals surface area contributed by atoms with E-state index in [0.717, 1.165) is 36.8 Å². The summed E-state index contributed by atoms with van der Waals surface area (Å²) in [5.41, 5.74) is 3.56. The fourth-order valence-electron chi connectivity index (χ4n) is 3.66. The minimum absolute atomic E-state index is 0.000607. The molecule has 0 bridgehead atoms. The molecule has 1 aliphatic carbocycles. The van der Waals surface area contributed by atoms with Crippen molar-refractivity contribution < 1.29 is 13.2 Å². The van der Waals surface area contributed by atoms with E-state index in [1.54, 1.807) is 25.1 Å². The van der Waals surface area contributed by atoms with Crippen LogP contribution < -0.4 is 15.4 Å². The van der Waals surface area contributed by atoms with Gasteiger partial charge in [0.05, 0.1) is 10.6 Å². The molecule has 8 heteroatoms. The van der Waals surface area contributed by atoms with Gasteiger partial charge in [-0.25, -0.2) is 8.42 Å². The molecule has 0 unspecified atom stereocenters. The molecule has 0 saturated heterocycles. The number of hydrogen-bond donors (Lipinski definition) is 3. The van der Waals surface area contributed by atoms with E-state index in [4.69, 9.17) is 12.2 Å². The Hall–Kier alpha value is -2.45. The van der Waals surface area contributed by atoms with Gasteiger partial charge in [-0.2, -0.15) is 0 Å². The van der Waals surface area contributed by atoms with Crippen LogP contribution in [0.25, 0.3) is 0 Å². The van der Waals surface area contributed by atoms with Crippen molar-refractivity contribution in [2.75, 3.05) is 10.0 Å². The van der Waals surface area contributed by atoms with E-state index in [2.05, 4.69) is 15.4 Å². The highest BCUT2D eigenvalue weighted by Gasteiger charge is 2.23. The average Bonchev–Trinajstić information content (AvgIpc) is 3.20. The molecule has 2 aromatic rings. The molecule has 6 nitrogen and oxygen atoms in total. The number of amides is 1. The number of thiocarbonyl (C=S) groups is 1. The maximum Gasteiger partial charge on any atom is 0.262 e. The van der Waals surface area contributed by atoms with Crippen molar-refractivity contribution in [3.63, 3.8) is 0 Å². The molecule has 30 heavy (non-hydrogen) atoms. The fraction of sp³-hybridized carbons (Fsp3) is 0.364. The monoisotopic (exact) mass is 445 g/mol. The SMILES string of the molecule is Cc1ccc(NS(=O)(=O)c2cc(NC(=S)NC(=O)C3CCCC3)ccc2C)c(C)c1. The van der Waals surface area contributed by atoms with Crippen LogP contribution in [0.1, 0.15) is 42.4 Å². The molecule has 3 rings (SSSR count). The third kappa shape index (κ3) is 5.37. The third-order valence-electron chi connectivity index (χ3n) is 5.32. The summed E-state index contributed by atoms with van der Waals surface area (Å²) in [6.45, 7) is 5.56. The first-order valence-corrected chi connectivity index (χ1v) is 11.9. The van der Waals surface area contributed by atoms with Gasteiger partial charge in [-0.15, -0.1) is 0 Å². The van der Waals surface area contributed by atoms with Crippen LogP contribution in [0.15, 0.2) is 41.3 Å². The lowest BCUT2D eigenvalue weighted by molar-refractivity contribution is -0.123. The highest BCUT2D eigenvalue weighted by molar-refractivity contribution is 7.92. The number of carbonyl (C=O) groups is 1. The van der Waals surface area contributed by atoms with E-state index in [1.165, 1.54) is 6.07 Å². The van der Waals surface area contributed by atoms with Gasteiger partial charge >= 0.3 is 0 Å². The van der Waals surface area contributed by atoms with Gasteiger partial charge in [0.25, 0.3) is 10.0 Å². The maximum absolute atomic E-state index is 13.0. The van der Waals surface area contributed by atoms with Gasteiger partial charge in [-0.3, -0.25) is 9.52 Å². The minimum atomic E-state index is -3.79. The molecule has 0 aliphatic heterocycles. The van der Waals surface area contributed by atoms with Crippen molar-refractivity contribution in [1.82, 2.24) is 5.32 Å². The molecule has 1 saturated carbocycles. The highest BCUT2D eigenvalue weighted by atomic mass is 32.2. The van der Waals surface area contributed by atoms with Crippen molar-refractivity contribution >= 4 is 44.6 Å². The van der Waals surface area contributed by atoms with Gasteiger partial charge in [0.2, 0.25) is 5.91 Å². The van der Waals surface area contributed by atoms with E-state index in [-0.39, 0.29) is 21.8 Å². The first-order chi connectivity index (χ1) is 14.2. The Morgan fingerprint density at radius 2 is 1.70 bits per heavy atom. The first kappa shape index (κ1) is 22.2. The third-order valence-corrected chi connectivity index (χ3v) is 7.04. The predicted molar refractivity (Wildman–Crippen MR) is 124 cm³/mol. The number of sulfonamides is 1. The molecular formula is C22H27N3O3S2. The lowest BCUT2D eigenvalue weighted by atomic mass is 10.1. The van der Waals surface area contributed by atoms with Crippen molar-refractivity contribution in [3.05, 3.63) is 53.1 Å². The Bertz CT molecular complexity index is 1080. The summed E-state index contributed by atoms with van der Waals surface area (Å²) in [6.07, 6.45) is 3.88. The van der Waals surface area contributed by atoms with E-state index >= 15 is 0 Å². The Labute approximate surface area is 183 Å². The second kappa shape index (κ2) is 9.14.